The predicted molar refractivity (Wildman–Crippen MR) is 100 cm³/mol. The molecule has 0 spiro atoms. The van der Waals surface area contributed by atoms with Gasteiger partial charge in [0.1, 0.15) is 6.04 Å². The largest absolute Gasteiger partial charge is 0.334 e. The predicted octanol–water partition coefficient (Wildman–Crippen LogP) is 0.559. The molecule has 1 aromatic carbocycles. The summed E-state index contributed by atoms with van der Waals surface area (Å²) in [7, 11) is 0. The van der Waals surface area contributed by atoms with E-state index in [2.05, 4.69) is 25.9 Å². The van der Waals surface area contributed by atoms with Crippen molar-refractivity contribution >= 4 is 29.6 Å². The van der Waals surface area contributed by atoms with Crippen LogP contribution in [0.5, 0.6) is 0 Å². The van der Waals surface area contributed by atoms with E-state index in [0.29, 0.717) is 24.3 Å². The number of fused-ring (bicyclic) bond motifs is 1. The Kier molecular flexibility index (Phi) is 4.90. The molecule has 0 saturated carbocycles. The molecule has 1 unspecified atom stereocenters. The first-order chi connectivity index (χ1) is 14.0. The van der Waals surface area contributed by atoms with Crippen molar-refractivity contribution in [3.8, 4) is 0 Å². The molecule has 0 radical (unpaired) electrons. The summed E-state index contributed by atoms with van der Waals surface area (Å²) in [5.74, 6) is -0.678. The number of amides is 5. The van der Waals surface area contributed by atoms with Gasteiger partial charge in [-0.3, -0.25) is 30.0 Å². The van der Waals surface area contributed by atoms with Gasteiger partial charge in [0, 0.05) is 37.5 Å². The van der Waals surface area contributed by atoms with E-state index in [1.165, 1.54) is 23.5 Å². The molecular formula is C19H18N6O4. The van der Waals surface area contributed by atoms with E-state index >= 15 is 0 Å². The quantitative estimate of drug-likeness (QED) is 0.649. The van der Waals surface area contributed by atoms with Crippen LogP contribution in [0.1, 0.15) is 34.3 Å². The van der Waals surface area contributed by atoms with Gasteiger partial charge < -0.3 is 10.2 Å². The number of urea groups is 1. The zero-order chi connectivity index (χ0) is 20.4. The molecule has 4 rings (SSSR count). The van der Waals surface area contributed by atoms with Gasteiger partial charge in [0.15, 0.2) is 5.82 Å². The molecule has 0 aliphatic carbocycles. The zero-order valence-corrected chi connectivity index (χ0v) is 15.3. The molecule has 1 fully saturated rings. The molecule has 10 heteroatoms. The molecule has 1 aromatic heterocycles. The van der Waals surface area contributed by atoms with Crippen LogP contribution in [-0.4, -0.2) is 44.7 Å². The Bertz CT molecular complexity index is 993. The number of nitrogens with one attached hydrogen (secondary N) is 3. The average molecular weight is 394 g/mol. The number of imide groups is 1. The smallest absolute Gasteiger partial charge is 0.320 e. The highest BCUT2D eigenvalue weighted by Gasteiger charge is 2.39. The lowest BCUT2D eigenvalue weighted by Crippen LogP contribution is -2.52. The summed E-state index contributed by atoms with van der Waals surface area (Å²) in [6.07, 6.45) is 4.93. The molecule has 1 atom stereocenters. The number of hydrogen-bond donors (Lipinski definition) is 3. The second-order valence-corrected chi connectivity index (χ2v) is 6.79. The minimum atomic E-state index is -0.646. The number of nitrogens with zero attached hydrogens (tertiary/aromatic N) is 3. The molecule has 0 bridgehead atoms. The van der Waals surface area contributed by atoms with Gasteiger partial charge in [0.2, 0.25) is 11.8 Å². The molecule has 5 amide bonds. The van der Waals surface area contributed by atoms with Crippen molar-refractivity contribution in [1.82, 2.24) is 25.5 Å². The maximum Gasteiger partial charge on any atom is 0.320 e. The summed E-state index contributed by atoms with van der Waals surface area (Å²) in [6.45, 7) is 0.534. The number of carbonyl (C=O) groups is 4. The zero-order valence-electron chi connectivity index (χ0n) is 15.3. The highest BCUT2D eigenvalue weighted by molar-refractivity contribution is 6.05. The monoisotopic (exact) mass is 394 g/mol. The molecular weight excluding hydrogens is 376 g/mol. The Morgan fingerprint density at radius 1 is 1.24 bits per heavy atom. The summed E-state index contributed by atoms with van der Waals surface area (Å²) in [6, 6.07) is 4.26. The summed E-state index contributed by atoms with van der Waals surface area (Å²) in [4.78, 5) is 57.5. The molecule has 148 valence electrons. The van der Waals surface area contributed by atoms with E-state index in [9.17, 15) is 19.2 Å². The van der Waals surface area contributed by atoms with Crippen LogP contribution in [0.4, 0.5) is 10.6 Å². The van der Waals surface area contributed by atoms with E-state index in [1.807, 2.05) is 12.1 Å². The fourth-order valence-electron chi connectivity index (χ4n) is 3.42. The Hall–Kier alpha value is -3.82. The van der Waals surface area contributed by atoms with Gasteiger partial charge in [-0.1, -0.05) is 12.1 Å². The second kappa shape index (κ2) is 7.66. The summed E-state index contributed by atoms with van der Waals surface area (Å²) in [5, 5.41) is 7.54. The molecule has 29 heavy (non-hydrogen) atoms. The first kappa shape index (κ1) is 18.5. The van der Waals surface area contributed by atoms with Gasteiger partial charge in [0.25, 0.3) is 5.91 Å². The molecule has 1 saturated heterocycles. The number of hydrogen-bond acceptors (Lipinski definition) is 6. The minimum Gasteiger partial charge on any atom is -0.334 e. The molecule has 2 aromatic rings. The van der Waals surface area contributed by atoms with Crippen molar-refractivity contribution < 1.29 is 19.2 Å². The number of aromatic nitrogens is 2. The fraction of sp³-hybridized carbons (Fsp3) is 0.263. The SMILES string of the molecule is O=C1CCC(N2Cc3ccc(CNC(=O)Nc4cnccn4)cc3C2=O)C(=O)N1. The van der Waals surface area contributed by atoms with E-state index in [4.69, 9.17) is 0 Å². The van der Waals surface area contributed by atoms with Crippen LogP contribution in [0.15, 0.2) is 36.8 Å². The van der Waals surface area contributed by atoms with Gasteiger partial charge >= 0.3 is 6.03 Å². The molecule has 2 aliphatic heterocycles. The van der Waals surface area contributed by atoms with Crippen molar-refractivity contribution in [3.63, 3.8) is 0 Å². The van der Waals surface area contributed by atoms with E-state index in [0.717, 1.165) is 11.1 Å². The highest BCUT2D eigenvalue weighted by atomic mass is 16.2. The third kappa shape index (κ3) is 3.91. The van der Waals surface area contributed by atoms with Gasteiger partial charge in [-0.15, -0.1) is 0 Å². The third-order valence-corrected chi connectivity index (χ3v) is 4.85. The van der Waals surface area contributed by atoms with E-state index in [-0.39, 0.29) is 24.8 Å². The van der Waals surface area contributed by atoms with Gasteiger partial charge in [-0.25, -0.2) is 9.78 Å². The van der Waals surface area contributed by atoms with Crippen molar-refractivity contribution in [2.75, 3.05) is 5.32 Å². The topological polar surface area (TPSA) is 133 Å². The maximum atomic E-state index is 12.8. The number of piperidine rings is 1. The van der Waals surface area contributed by atoms with Crippen LogP contribution in [0.2, 0.25) is 0 Å². The van der Waals surface area contributed by atoms with Crippen LogP contribution in [0.3, 0.4) is 0 Å². The molecule has 10 nitrogen and oxygen atoms in total. The Morgan fingerprint density at radius 2 is 2.10 bits per heavy atom. The van der Waals surface area contributed by atoms with Gasteiger partial charge in [-0.05, 0) is 23.6 Å². The Balaban J connectivity index is 1.39. The van der Waals surface area contributed by atoms with Crippen LogP contribution in [-0.2, 0) is 22.7 Å². The first-order valence-electron chi connectivity index (χ1n) is 9.08. The maximum absolute atomic E-state index is 12.8. The Morgan fingerprint density at radius 3 is 2.86 bits per heavy atom. The number of anilines is 1. The van der Waals surface area contributed by atoms with E-state index < -0.39 is 18.0 Å². The standard InChI is InChI=1S/C19H18N6O4/c26-16-4-3-14(17(27)24-16)25-10-12-2-1-11(7-13(12)18(25)28)8-22-19(29)23-15-9-20-5-6-21-15/h1-2,5-7,9,14H,3-4,8,10H2,(H,24,26,27)(H2,21,22,23,29). The fourth-order valence-corrected chi connectivity index (χ4v) is 3.42. The number of rotatable bonds is 4. The van der Waals surface area contributed by atoms with Crippen molar-refractivity contribution in [1.29, 1.82) is 0 Å². The third-order valence-electron chi connectivity index (χ3n) is 4.85. The minimum absolute atomic E-state index is 0.213. The lowest BCUT2D eigenvalue weighted by molar-refractivity contribution is -0.136. The second-order valence-electron chi connectivity index (χ2n) is 6.79. The van der Waals surface area contributed by atoms with Crippen LogP contribution >= 0.6 is 0 Å². The highest BCUT2D eigenvalue weighted by Crippen LogP contribution is 2.28. The normalized spacial score (nSPS) is 18.3. The van der Waals surface area contributed by atoms with E-state index in [1.54, 1.807) is 6.07 Å². The van der Waals surface area contributed by atoms with Crippen molar-refractivity contribution in [3.05, 3.63) is 53.5 Å². The first-order valence-corrected chi connectivity index (χ1v) is 9.08. The van der Waals surface area contributed by atoms with Crippen LogP contribution in [0.25, 0.3) is 0 Å². The van der Waals surface area contributed by atoms with Crippen molar-refractivity contribution in [2.24, 2.45) is 0 Å². The average Bonchev–Trinajstić information content (AvgIpc) is 3.03. The van der Waals surface area contributed by atoms with Crippen LogP contribution in [0, 0.1) is 0 Å². The van der Waals surface area contributed by atoms with Gasteiger partial charge in [-0.2, -0.15) is 0 Å². The summed E-state index contributed by atoms with van der Waals surface area (Å²) in [5.41, 5.74) is 2.06. The summed E-state index contributed by atoms with van der Waals surface area (Å²) < 4.78 is 0. The summed E-state index contributed by atoms with van der Waals surface area (Å²) >= 11 is 0. The van der Waals surface area contributed by atoms with Gasteiger partial charge in [0.05, 0.1) is 6.20 Å². The molecule has 2 aliphatic rings. The lowest BCUT2D eigenvalue weighted by Gasteiger charge is -2.29. The molecule has 3 N–H and O–H groups in total. The Labute approximate surface area is 165 Å². The molecule has 3 heterocycles. The number of carbonyl (C=O) groups excluding carboxylic acids is 4. The van der Waals surface area contributed by atoms with Crippen molar-refractivity contribution in [2.45, 2.75) is 32.0 Å². The lowest BCUT2D eigenvalue weighted by atomic mass is 10.0. The van der Waals surface area contributed by atoms with Crippen LogP contribution < -0.4 is 16.0 Å². The number of benzene rings is 1.